The van der Waals surface area contributed by atoms with Gasteiger partial charge in [-0.1, -0.05) is 19.4 Å². The third-order valence-electron chi connectivity index (χ3n) is 1.55. The van der Waals surface area contributed by atoms with Gasteiger partial charge in [0, 0.05) is 18.6 Å². The summed E-state index contributed by atoms with van der Waals surface area (Å²) in [7, 11) is -31.1. The van der Waals surface area contributed by atoms with Crippen molar-refractivity contribution in [3.8, 4) is 0 Å². The van der Waals surface area contributed by atoms with Gasteiger partial charge >= 0.3 is 47.4 Å². The quantitative estimate of drug-likeness (QED) is 0.119. The molecule has 1 atom stereocenters. The average Bonchev–Trinajstić information content (AvgIpc) is 2.52. The van der Waals surface area contributed by atoms with E-state index in [1.807, 2.05) is 6.07 Å². The van der Waals surface area contributed by atoms with Crippen LogP contribution in [-0.2, 0) is 33.9 Å². The van der Waals surface area contributed by atoms with Crippen molar-refractivity contribution in [2.75, 3.05) is 0 Å². The Kier molecular flexibility index (Phi) is 32.9. The van der Waals surface area contributed by atoms with E-state index < -0.39 is 47.4 Å². The Bertz CT molecular complexity index is 812. The zero-order valence-corrected chi connectivity index (χ0v) is 24.6. The van der Waals surface area contributed by atoms with Crippen LogP contribution >= 0.6 is 47.4 Å². The molecule has 0 aliphatic carbocycles. The van der Waals surface area contributed by atoms with Crippen molar-refractivity contribution in [2.24, 2.45) is 0 Å². The van der Waals surface area contributed by atoms with Gasteiger partial charge in [0.2, 0.25) is 0 Å². The molecule has 0 aliphatic rings. The minimum absolute atomic E-state index is 1.15. The normalized spacial score (nSPS) is 12.5. The van der Waals surface area contributed by atoms with Crippen LogP contribution < -0.4 is 9.46 Å². The average molecular weight is 735 g/mol. The number of hydrogen-bond donors (Lipinski definition) is 11. The molecule has 0 fully saturated rings. The summed E-state index contributed by atoms with van der Waals surface area (Å²) in [4.78, 5) is 85.1. The minimum atomic E-state index is -5.39. The van der Waals surface area contributed by atoms with Crippen LogP contribution in [0.4, 0.5) is 25.2 Å². The molecule has 1 aromatic rings. The van der Waals surface area contributed by atoms with Gasteiger partial charge in [0.05, 0.1) is 0 Å². The maximum absolute atomic E-state index is 10.4. The van der Waals surface area contributed by atoms with E-state index in [4.69, 9.17) is 86.1 Å². The van der Waals surface area contributed by atoms with E-state index in [1.54, 1.807) is 0 Å². The fourth-order valence-electron chi connectivity index (χ4n) is 0.924. The molecular weight excluding hydrogens is 710 g/mol. The molecular formula is C9H25F6NO18P6. The zero-order valence-electron chi connectivity index (χ0n) is 19.2. The molecule has 40 heavy (non-hydrogen) atoms. The number of aryl methyl sites for hydroxylation is 1. The second-order valence-corrected chi connectivity index (χ2v) is 10.9. The highest BCUT2D eigenvalue weighted by Crippen LogP contribution is 2.36. The highest BCUT2D eigenvalue weighted by Gasteiger charge is 2.06. The molecule has 0 saturated heterocycles. The smallest absolute Gasteiger partial charge is 0.507 e. The van der Waals surface area contributed by atoms with Gasteiger partial charge in [-0.15, -0.1) is 21.0 Å². The van der Waals surface area contributed by atoms with E-state index in [0.717, 1.165) is 6.54 Å². The summed E-state index contributed by atoms with van der Waals surface area (Å²) in [5, 5.41) is 0. The van der Waals surface area contributed by atoms with Crippen molar-refractivity contribution in [1.29, 1.82) is 0 Å². The van der Waals surface area contributed by atoms with Crippen LogP contribution in [-0.4, -0.2) is 53.8 Å². The first kappa shape index (κ1) is 52.3. The summed E-state index contributed by atoms with van der Waals surface area (Å²) in [6.07, 6.45) is 6.75. The summed E-state index contributed by atoms with van der Waals surface area (Å²) in [6, 6.07) is 6.17. The van der Waals surface area contributed by atoms with E-state index in [9.17, 15) is 25.2 Å². The Labute approximate surface area is 220 Å². The standard InChI is InChI=1S/C9H14N.6FH2O3P/c1-2-3-7-10-8-5-4-6-9-10;6*1-5(2,3)4/h4-6,8-9H,2-3,7H2,1H3;6*(H2,2,3,4)/q+1;;;;;;/p-1. The minimum Gasteiger partial charge on any atom is -0.753 e. The highest BCUT2D eigenvalue weighted by molar-refractivity contribution is 7.46. The highest BCUT2D eigenvalue weighted by atomic mass is 31.2. The van der Waals surface area contributed by atoms with Crippen molar-refractivity contribution in [3.63, 3.8) is 0 Å². The van der Waals surface area contributed by atoms with Gasteiger partial charge in [0.1, 0.15) is 6.54 Å². The van der Waals surface area contributed by atoms with Crippen LogP contribution in [0.25, 0.3) is 0 Å². The molecule has 0 saturated carbocycles. The van der Waals surface area contributed by atoms with E-state index in [0.29, 0.717) is 0 Å². The van der Waals surface area contributed by atoms with Gasteiger partial charge in [-0.05, 0) is 0 Å². The van der Waals surface area contributed by atoms with Gasteiger partial charge in [-0.2, -0.15) is 4.20 Å². The second-order valence-electron chi connectivity index (χ2n) is 5.28. The number of unbranched alkanes of at least 4 members (excludes halogenated alkanes) is 1. The Hall–Kier alpha value is -0.370. The van der Waals surface area contributed by atoms with Gasteiger partial charge < -0.3 is 9.79 Å². The lowest BCUT2D eigenvalue weighted by Crippen LogP contribution is -2.31. The van der Waals surface area contributed by atoms with Crippen LogP contribution in [0, 0.1) is 0 Å². The van der Waals surface area contributed by atoms with Gasteiger partial charge in [-0.25, -0.2) is 27.4 Å². The lowest BCUT2D eigenvalue weighted by molar-refractivity contribution is -0.697. The molecule has 0 aromatic carbocycles. The third kappa shape index (κ3) is 373. The summed E-state index contributed by atoms with van der Waals surface area (Å²) in [5.41, 5.74) is 0. The molecule has 1 rings (SSSR count). The molecule has 0 spiro atoms. The molecule has 0 radical (unpaired) electrons. The number of hydrogen-bond acceptors (Lipinski definition) is 7. The predicted molar refractivity (Wildman–Crippen MR) is 118 cm³/mol. The first-order chi connectivity index (χ1) is 16.9. The molecule has 0 aliphatic heterocycles. The Morgan fingerprint density at radius 1 is 0.550 bits per heavy atom. The fourth-order valence-corrected chi connectivity index (χ4v) is 0.924. The summed E-state index contributed by atoms with van der Waals surface area (Å²) in [6.45, 7) is 3.36. The molecule has 1 heterocycles. The molecule has 0 amide bonds. The lowest BCUT2D eigenvalue weighted by Gasteiger charge is -1.97. The van der Waals surface area contributed by atoms with Crippen LogP contribution in [0.5, 0.6) is 0 Å². The number of aromatic nitrogens is 1. The molecule has 11 N–H and O–H groups in total. The number of nitrogens with zero attached hydrogens (tertiary/aromatic N) is 1. The largest absolute Gasteiger partial charge is 0.753 e. The van der Waals surface area contributed by atoms with Gasteiger partial charge in [0.15, 0.2) is 12.4 Å². The number of halogens is 6. The van der Waals surface area contributed by atoms with Crippen LogP contribution in [0.15, 0.2) is 30.6 Å². The van der Waals surface area contributed by atoms with Crippen molar-refractivity contribution in [3.05, 3.63) is 30.6 Å². The second kappa shape index (κ2) is 25.2. The first-order valence-electron chi connectivity index (χ1n) is 8.37. The predicted octanol–water partition coefficient (Wildman–Crippen LogP) is 1.43. The van der Waals surface area contributed by atoms with E-state index in [-0.39, 0.29) is 0 Å². The summed E-state index contributed by atoms with van der Waals surface area (Å²) < 4.78 is 116. The maximum Gasteiger partial charge on any atom is 0.507 e. The SMILES string of the molecule is CCCC[n+]1ccccc1.O=P(O)(O)F.O=P(O)(O)F.O=P(O)(O)F.O=P(O)(O)F.O=P(O)(O)F.O=P([O-])(O)F. The van der Waals surface area contributed by atoms with Crippen molar-refractivity contribution in [1.82, 2.24) is 0 Å². The first-order valence-corrected chi connectivity index (χ1v) is 17.3. The van der Waals surface area contributed by atoms with Crippen molar-refractivity contribution >= 4 is 47.4 Å². The molecule has 31 heteroatoms. The lowest BCUT2D eigenvalue weighted by atomic mass is 10.3. The third-order valence-corrected chi connectivity index (χ3v) is 1.55. The van der Waals surface area contributed by atoms with Gasteiger partial charge in [0.25, 0.3) is 0 Å². The number of pyridine rings is 1. The monoisotopic (exact) mass is 735 g/mol. The van der Waals surface area contributed by atoms with Gasteiger partial charge in [-0.3, -0.25) is 53.5 Å². The Morgan fingerprint density at radius 2 is 0.725 bits per heavy atom. The topological polar surface area (TPSA) is 352 Å². The molecule has 0 bridgehead atoms. The molecule has 19 nitrogen and oxygen atoms in total. The van der Waals surface area contributed by atoms with E-state index in [2.05, 4.69) is 36.0 Å². The van der Waals surface area contributed by atoms with E-state index in [1.165, 1.54) is 12.8 Å². The molecule has 1 aromatic heterocycles. The van der Waals surface area contributed by atoms with E-state index >= 15 is 0 Å². The fraction of sp³-hybridized carbons (Fsp3) is 0.444. The van der Waals surface area contributed by atoms with Crippen LogP contribution in [0.3, 0.4) is 0 Å². The number of rotatable bonds is 3. The van der Waals surface area contributed by atoms with Crippen molar-refractivity contribution in [2.45, 2.75) is 26.3 Å². The summed E-state index contributed by atoms with van der Waals surface area (Å²) >= 11 is 0. The van der Waals surface area contributed by atoms with Crippen LogP contribution in [0.1, 0.15) is 19.8 Å². The molecule has 246 valence electrons. The van der Waals surface area contributed by atoms with Crippen molar-refractivity contribution < 1.29 is 116 Å². The zero-order chi connectivity index (χ0) is 34.2. The van der Waals surface area contributed by atoms with Crippen LogP contribution in [0.2, 0.25) is 0 Å². The summed E-state index contributed by atoms with van der Waals surface area (Å²) in [5.74, 6) is 0. The Balaban J connectivity index is -0.0000000866. The molecule has 1 unspecified atom stereocenters. The Morgan fingerprint density at radius 3 is 0.875 bits per heavy atom. The maximum atomic E-state index is 10.4.